The van der Waals surface area contributed by atoms with Gasteiger partial charge >= 0.3 is 0 Å². The summed E-state index contributed by atoms with van der Waals surface area (Å²) in [6.07, 6.45) is 2.01. The first kappa shape index (κ1) is 19.5. The Balaban J connectivity index is 1.76. The van der Waals surface area contributed by atoms with Crippen LogP contribution in [0.4, 0.5) is 0 Å². The van der Waals surface area contributed by atoms with Gasteiger partial charge in [0, 0.05) is 42.4 Å². The van der Waals surface area contributed by atoms with Gasteiger partial charge in [-0.15, -0.1) is 21.5 Å². The lowest BCUT2D eigenvalue weighted by molar-refractivity contribution is 0.271. The highest BCUT2D eigenvalue weighted by molar-refractivity contribution is 7.88. The molecule has 1 atom stereocenters. The van der Waals surface area contributed by atoms with E-state index in [1.54, 1.807) is 0 Å². The molecule has 1 N–H and O–H groups in total. The highest BCUT2D eigenvalue weighted by atomic mass is 32.2. The number of nitrogens with zero attached hydrogens (tertiary/aromatic N) is 4. The van der Waals surface area contributed by atoms with Gasteiger partial charge in [-0.05, 0) is 25.0 Å². The van der Waals surface area contributed by atoms with Crippen molar-refractivity contribution in [1.29, 1.82) is 0 Å². The molecule has 2 aromatic heterocycles. The van der Waals surface area contributed by atoms with Gasteiger partial charge in [0.1, 0.15) is 5.82 Å². The van der Waals surface area contributed by atoms with Crippen molar-refractivity contribution >= 4 is 21.4 Å². The molecular formula is C17H27N5O2S2. The molecule has 7 nitrogen and oxygen atoms in total. The van der Waals surface area contributed by atoms with Crippen molar-refractivity contribution in [3.63, 3.8) is 0 Å². The summed E-state index contributed by atoms with van der Waals surface area (Å²) in [5.74, 6) is 1.74. The number of sulfonamides is 1. The zero-order chi connectivity index (χ0) is 18.9. The number of thiophene rings is 1. The van der Waals surface area contributed by atoms with Crippen LogP contribution >= 0.6 is 11.3 Å². The summed E-state index contributed by atoms with van der Waals surface area (Å²) in [7, 11) is -3.32. The minimum absolute atomic E-state index is 0.0893. The first-order chi connectivity index (χ1) is 12.2. The lowest BCUT2D eigenvalue weighted by atomic mass is 10.1. The Morgan fingerprint density at radius 2 is 2.00 bits per heavy atom. The quantitative estimate of drug-likeness (QED) is 0.806. The van der Waals surface area contributed by atoms with E-state index in [-0.39, 0.29) is 12.0 Å². The Bertz CT molecular complexity index is 856. The fraction of sp³-hybridized carbons (Fsp3) is 0.647. The van der Waals surface area contributed by atoms with Gasteiger partial charge in [0.2, 0.25) is 10.0 Å². The van der Waals surface area contributed by atoms with Gasteiger partial charge in [0.05, 0.1) is 12.3 Å². The van der Waals surface area contributed by atoms with Gasteiger partial charge < -0.3 is 4.57 Å². The summed E-state index contributed by atoms with van der Waals surface area (Å²) in [6, 6.07) is 3.99. The summed E-state index contributed by atoms with van der Waals surface area (Å²) >= 11 is 1.84. The maximum absolute atomic E-state index is 11.8. The lowest BCUT2D eigenvalue weighted by Crippen LogP contribution is -2.33. The van der Waals surface area contributed by atoms with Gasteiger partial charge in [-0.3, -0.25) is 4.90 Å². The molecule has 1 unspecified atom stereocenters. The van der Waals surface area contributed by atoms with Crippen molar-refractivity contribution in [2.75, 3.05) is 19.3 Å². The maximum Gasteiger partial charge on any atom is 0.209 e. The summed E-state index contributed by atoms with van der Waals surface area (Å²) < 4.78 is 28.3. The largest absolute Gasteiger partial charge is 0.312 e. The number of nitrogens with one attached hydrogen (secondary N) is 1. The average Bonchev–Trinajstić information content (AvgIpc) is 3.07. The summed E-state index contributed by atoms with van der Waals surface area (Å²) in [5.41, 5.74) is 0. The van der Waals surface area contributed by atoms with Crippen molar-refractivity contribution < 1.29 is 8.42 Å². The highest BCUT2D eigenvalue weighted by Crippen LogP contribution is 2.24. The van der Waals surface area contributed by atoms with Crippen molar-refractivity contribution in [3.05, 3.63) is 33.5 Å². The van der Waals surface area contributed by atoms with Crippen LogP contribution < -0.4 is 4.72 Å². The summed E-state index contributed by atoms with van der Waals surface area (Å²) in [6.45, 7) is 9.67. The molecule has 3 heterocycles. The first-order valence-electron chi connectivity index (χ1n) is 8.90. The highest BCUT2D eigenvalue weighted by Gasteiger charge is 2.28. The Hall–Kier alpha value is -1.29. The van der Waals surface area contributed by atoms with E-state index < -0.39 is 10.0 Å². The van der Waals surface area contributed by atoms with Gasteiger partial charge in [-0.25, -0.2) is 13.1 Å². The van der Waals surface area contributed by atoms with E-state index in [2.05, 4.69) is 43.4 Å². The molecule has 0 spiro atoms. The van der Waals surface area contributed by atoms with Crippen LogP contribution in [0, 0.1) is 12.8 Å². The van der Waals surface area contributed by atoms with Crippen LogP contribution in [0.25, 0.3) is 0 Å². The molecule has 0 radical (unpaired) electrons. The number of rotatable bonds is 6. The molecule has 0 saturated heterocycles. The molecule has 1 aliphatic rings. The van der Waals surface area contributed by atoms with Gasteiger partial charge in [-0.2, -0.15) is 0 Å². The molecular weight excluding hydrogens is 370 g/mol. The second-order valence-corrected chi connectivity index (χ2v) is 10.4. The van der Waals surface area contributed by atoms with E-state index in [4.69, 9.17) is 0 Å². The second kappa shape index (κ2) is 7.75. The minimum atomic E-state index is -3.32. The minimum Gasteiger partial charge on any atom is -0.312 e. The van der Waals surface area contributed by atoms with Crippen LogP contribution in [0.3, 0.4) is 0 Å². The topological polar surface area (TPSA) is 80.1 Å². The molecule has 144 valence electrons. The summed E-state index contributed by atoms with van der Waals surface area (Å²) in [4.78, 5) is 5.14. The van der Waals surface area contributed by atoms with Crippen LogP contribution in [0.1, 0.15) is 41.3 Å². The molecule has 1 aliphatic heterocycles. The Labute approximate surface area is 159 Å². The van der Waals surface area contributed by atoms with E-state index in [0.717, 1.165) is 38.4 Å². The van der Waals surface area contributed by atoms with Gasteiger partial charge in [0.25, 0.3) is 0 Å². The van der Waals surface area contributed by atoms with Crippen LogP contribution in [0.2, 0.25) is 0 Å². The molecule has 26 heavy (non-hydrogen) atoms. The lowest BCUT2D eigenvalue weighted by Gasteiger charge is -2.22. The number of aryl methyl sites for hydroxylation is 1. The second-order valence-electron chi connectivity index (χ2n) is 7.28. The molecule has 0 aliphatic carbocycles. The van der Waals surface area contributed by atoms with Gasteiger partial charge in [0.15, 0.2) is 5.82 Å². The van der Waals surface area contributed by atoms with Gasteiger partial charge in [-0.1, -0.05) is 13.8 Å². The number of aromatic nitrogens is 3. The average molecular weight is 398 g/mol. The zero-order valence-corrected chi connectivity index (χ0v) is 17.4. The molecule has 0 fully saturated rings. The molecule has 9 heteroatoms. The van der Waals surface area contributed by atoms with E-state index in [1.807, 2.05) is 25.2 Å². The normalized spacial score (nSPS) is 17.3. The molecule has 0 bridgehead atoms. The fourth-order valence-corrected chi connectivity index (χ4v) is 5.06. The third-order valence-corrected chi connectivity index (χ3v) is 6.28. The maximum atomic E-state index is 11.8. The van der Waals surface area contributed by atoms with Crippen LogP contribution in [0.15, 0.2) is 12.1 Å². The van der Waals surface area contributed by atoms with Crippen molar-refractivity contribution in [3.8, 4) is 0 Å². The van der Waals surface area contributed by atoms with Crippen LogP contribution in [-0.2, 0) is 29.5 Å². The number of fused-ring (bicyclic) bond motifs is 1. The van der Waals surface area contributed by atoms with Crippen molar-refractivity contribution in [2.45, 2.75) is 46.3 Å². The SMILES string of the molecule is Cc1ccc(CN2CCc3nnc(C(NS(C)(=O)=O)C(C)C)n3CC2)s1. The predicted octanol–water partition coefficient (Wildman–Crippen LogP) is 1.95. The first-order valence-corrected chi connectivity index (χ1v) is 11.6. The van der Waals surface area contributed by atoms with Crippen LogP contribution in [-0.4, -0.2) is 47.4 Å². The van der Waals surface area contributed by atoms with E-state index >= 15 is 0 Å². The van der Waals surface area contributed by atoms with Crippen LogP contribution in [0.5, 0.6) is 0 Å². The molecule has 0 aromatic carbocycles. The zero-order valence-electron chi connectivity index (χ0n) is 15.8. The molecule has 0 saturated carbocycles. The molecule has 0 amide bonds. The number of hydrogen-bond donors (Lipinski definition) is 1. The Morgan fingerprint density at radius 3 is 2.62 bits per heavy atom. The Kier molecular flexibility index (Phi) is 5.81. The monoisotopic (exact) mass is 397 g/mol. The van der Waals surface area contributed by atoms with E-state index in [1.165, 1.54) is 16.0 Å². The molecule has 3 rings (SSSR count). The fourth-order valence-electron chi connectivity index (χ4n) is 3.29. The van der Waals surface area contributed by atoms with Crippen molar-refractivity contribution in [1.82, 2.24) is 24.4 Å². The van der Waals surface area contributed by atoms with E-state index in [9.17, 15) is 8.42 Å². The van der Waals surface area contributed by atoms with E-state index in [0.29, 0.717) is 5.82 Å². The smallest absolute Gasteiger partial charge is 0.209 e. The van der Waals surface area contributed by atoms with Crippen molar-refractivity contribution in [2.24, 2.45) is 5.92 Å². The summed E-state index contributed by atoms with van der Waals surface area (Å²) in [5, 5.41) is 8.68. The third-order valence-electron chi connectivity index (χ3n) is 4.61. The Morgan fingerprint density at radius 1 is 1.23 bits per heavy atom. The number of hydrogen-bond acceptors (Lipinski definition) is 6. The molecule has 2 aromatic rings. The predicted molar refractivity (Wildman–Crippen MR) is 104 cm³/mol. The standard InChI is InChI=1S/C17H27N5O2S2/c1-12(2)16(20-26(4,23)24)17-19-18-15-7-8-21(9-10-22(15)17)11-14-6-5-13(3)25-14/h5-6,12,16,20H,7-11H2,1-4H3. The third kappa shape index (κ3) is 4.70.